The van der Waals surface area contributed by atoms with E-state index < -0.39 is 0 Å². The standard InChI is InChI=1S/C11H13N3OS2/c1-5-6(2)17-11(12-5)14-10(15)9-7(3)16-8(4)13-9/h1-4H3,(H,12,14,15). The number of nitrogens with zero attached hydrogens (tertiary/aromatic N) is 2. The van der Waals surface area contributed by atoms with Gasteiger partial charge in [-0.15, -0.1) is 22.7 Å². The molecule has 0 fully saturated rings. The minimum atomic E-state index is -0.180. The summed E-state index contributed by atoms with van der Waals surface area (Å²) in [5.74, 6) is -0.180. The summed E-state index contributed by atoms with van der Waals surface area (Å²) in [6.45, 7) is 7.71. The third-order valence-electron chi connectivity index (χ3n) is 2.37. The zero-order valence-electron chi connectivity index (χ0n) is 10.1. The van der Waals surface area contributed by atoms with Gasteiger partial charge in [0.2, 0.25) is 0 Å². The Balaban J connectivity index is 2.19. The SMILES string of the molecule is Cc1nc(C(=O)Nc2nc(C)c(C)s2)c(C)s1. The van der Waals surface area contributed by atoms with Crippen LogP contribution in [-0.4, -0.2) is 15.9 Å². The number of aryl methyl sites for hydroxylation is 4. The van der Waals surface area contributed by atoms with Crippen LogP contribution >= 0.6 is 22.7 Å². The molecule has 0 radical (unpaired) electrons. The Morgan fingerprint density at radius 1 is 1.06 bits per heavy atom. The molecule has 0 aliphatic rings. The van der Waals surface area contributed by atoms with E-state index in [9.17, 15) is 4.79 Å². The summed E-state index contributed by atoms with van der Waals surface area (Å²) in [5, 5.41) is 4.32. The fraction of sp³-hybridized carbons (Fsp3) is 0.364. The lowest BCUT2D eigenvalue weighted by molar-refractivity contribution is 0.102. The maximum atomic E-state index is 12.0. The van der Waals surface area contributed by atoms with Gasteiger partial charge in [0.25, 0.3) is 5.91 Å². The van der Waals surface area contributed by atoms with Crippen molar-refractivity contribution in [2.75, 3.05) is 5.32 Å². The molecule has 0 aliphatic carbocycles. The van der Waals surface area contributed by atoms with E-state index in [1.807, 2.05) is 27.7 Å². The van der Waals surface area contributed by atoms with Crippen molar-refractivity contribution < 1.29 is 4.79 Å². The molecule has 0 aliphatic heterocycles. The molecular formula is C11H13N3OS2. The molecule has 2 rings (SSSR count). The molecule has 0 unspecified atom stereocenters. The average Bonchev–Trinajstić information content (AvgIpc) is 2.71. The molecule has 6 heteroatoms. The maximum Gasteiger partial charge on any atom is 0.277 e. The lowest BCUT2D eigenvalue weighted by Gasteiger charge is -1.98. The van der Waals surface area contributed by atoms with Gasteiger partial charge in [-0.3, -0.25) is 10.1 Å². The minimum Gasteiger partial charge on any atom is -0.296 e. The van der Waals surface area contributed by atoms with Gasteiger partial charge < -0.3 is 0 Å². The Morgan fingerprint density at radius 2 is 1.76 bits per heavy atom. The van der Waals surface area contributed by atoms with Crippen LogP contribution < -0.4 is 5.32 Å². The molecule has 2 aromatic heterocycles. The van der Waals surface area contributed by atoms with Gasteiger partial charge in [-0.1, -0.05) is 0 Å². The van der Waals surface area contributed by atoms with Gasteiger partial charge in [-0.2, -0.15) is 0 Å². The second-order valence-corrected chi connectivity index (χ2v) is 6.36. The molecule has 0 saturated carbocycles. The van der Waals surface area contributed by atoms with Crippen LogP contribution in [0.3, 0.4) is 0 Å². The van der Waals surface area contributed by atoms with Crippen molar-refractivity contribution in [1.82, 2.24) is 9.97 Å². The number of aromatic nitrogens is 2. The van der Waals surface area contributed by atoms with E-state index in [1.54, 1.807) is 0 Å². The summed E-state index contributed by atoms with van der Waals surface area (Å²) in [7, 11) is 0. The molecule has 1 amide bonds. The highest BCUT2D eigenvalue weighted by Crippen LogP contribution is 2.23. The summed E-state index contributed by atoms with van der Waals surface area (Å²) in [5.41, 5.74) is 1.45. The van der Waals surface area contributed by atoms with Gasteiger partial charge in [-0.25, -0.2) is 9.97 Å². The smallest absolute Gasteiger partial charge is 0.277 e. The monoisotopic (exact) mass is 267 g/mol. The van der Waals surface area contributed by atoms with Crippen LogP contribution in [0, 0.1) is 27.7 Å². The average molecular weight is 267 g/mol. The summed E-state index contributed by atoms with van der Waals surface area (Å²) in [6.07, 6.45) is 0. The Morgan fingerprint density at radius 3 is 2.24 bits per heavy atom. The molecular weight excluding hydrogens is 254 g/mol. The van der Waals surface area contributed by atoms with Gasteiger partial charge >= 0.3 is 0 Å². The summed E-state index contributed by atoms with van der Waals surface area (Å²) < 4.78 is 0. The number of thiazole rings is 2. The maximum absolute atomic E-state index is 12.0. The molecule has 0 atom stereocenters. The number of nitrogens with one attached hydrogen (secondary N) is 1. The molecule has 90 valence electrons. The number of rotatable bonds is 2. The van der Waals surface area contributed by atoms with E-state index in [0.717, 1.165) is 20.5 Å². The van der Waals surface area contributed by atoms with E-state index in [-0.39, 0.29) is 5.91 Å². The van der Waals surface area contributed by atoms with Crippen LogP contribution in [0.15, 0.2) is 0 Å². The molecule has 0 bridgehead atoms. The summed E-state index contributed by atoms with van der Waals surface area (Å²) in [6, 6.07) is 0. The number of hydrogen-bond donors (Lipinski definition) is 1. The first-order valence-corrected chi connectivity index (χ1v) is 6.80. The molecule has 0 spiro atoms. The minimum absolute atomic E-state index is 0.180. The predicted molar refractivity (Wildman–Crippen MR) is 71.1 cm³/mol. The molecule has 0 saturated heterocycles. The number of hydrogen-bond acceptors (Lipinski definition) is 5. The molecule has 17 heavy (non-hydrogen) atoms. The lowest BCUT2D eigenvalue weighted by atomic mass is 10.3. The highest BCUT2D eigenvalue weighted by Gasteiger charge is 2.15. The zero-order valence-corrected chi connectivity index (χ0v) is 11.8. The number of carbonyl (C=O) groups is 1. The normalized spacial score (nSPS) is 10.6. The first-order valence-electron chi connectivity index (χ1n) is 5.17. The van der Waals surface area contributed by atoms with Crippen LogP contribution in [0.4, 0.5) is 5.13 Å². The van der Waals surface area contributed by atoms with Gasteiger partial charge in [-0.05, 0) is 27.7 Å². The van der Waals surface area contributed by atoms with Gasteiger partial charge in [0.15, 0.2) is 5.13 Å². The second kappa shape index (κ2) is 4.54. The molecule has 2 heterocycles. The predicted octanol–water partition coefficient (Wildman–Crippen LogP) is 3.09. The van der Waals surface area contributed by atoms with Crippen LogP contribution in [0.5, 0.6) is 0 Å². The topological polar surface area (TPSA) is 54.9 Å². The Hall–Kier alpha value is -1.27. The van der Waals surface area contributed by atoms with Crippen molar-refractivity contribution >= 4 is 33.7 Å². The quantitative estimate of drug-likeness (QED) is 0.909. The molecule has 1 N–H and O–H groups in total. The highest BCUT2D eigenvalue weighted by molar-refractivity contribution is 7.15. The van der Waals surface area contributed by atoms with E-state index in [1.165, 1.54) is 22.7 Å². The molecule has 4 nitrogen and oxygen atoms in total. The van der Waals surface area contributed by atoms with E-state index in [2.05, 4.69) is 15.3 Å². The highest BCUT2D eigenvalue weighted by atomic mass is 32.1. The third kappa shape index (κ3) is 2.53. The largest absolute Gasteiger partial charge is 0.296 e. The van der Waals surface area contributed by atoms with Gasteiger partial charge in [0.1, 0.15) is 5.69 Å². The van der Waals surface area contributed by atoms with Crippen LogP contribution in [0.25, 0.3) is 0 Å². The Labute approximate surface area is 108 Å². The fourth-order valence-electron chi connectivity index (χ4n) is 1.42. The van der Waals surface area contributed by atoms with E-state index in [4.69, 9.17) is 0 Å². The Bertz CT molecular complexity index is 552. The van der Waals surface area contributed by atoms with Gasteiger partial charge in [0, 0.05) is 9.75 Å². The Kier molecular flexibility index (Phi) is 3.26. The van der Waals surface area contributed by atoms with Crippen molar-refractivity contribution in [3.63, 3.8) is 0 Å². The summed E-state index contributed by atoms with van der Waals surface area (Å²) in [4.78, 5) is 22.5. The number of anilines is 1. The number of carbonyl (C=O) groups excluding carboxylic acids is 1. The van der Waals surface area contributed by atoms with Crippen molar-refractivity contribution in [2.24, 2.45) is 0 Å². The number of amides is 1. The zero-order chi connectivity index (χ0) is 12.6. The first-order chi connectivity index (χ1) is 7.97. The van der Waals surface area contributed by atoms with Gasteiger partial charge in [0.05, 0.1) is 10.7 Å². The summed E-state index contributed by atoms with van der Waals surface area (Å²) >= 11 is 3.01. The second-order valence-electron chi connectivity index (χ2n) is 3.75. The van der Waals surface area contributed by atoms with Crippen LogP contribution in [0.2, 0.25) is 0 Å². The van der Waals surface area contributed by atoms with E-state index >= 15 is 0 Å². The molecule has 0 aromatic carbocycles. The van der Waals surface area contributed by atoms with E-state index in [0.29, 0.717) is 10.8 Å². The van der Waals surface area contributed by atoms with Crippen LogP contribution in [-0.2, 0) is 0 Å². The van der Waals surface area contributed by atoms with Crippen molar-refractivity contribution in [3.05, 3.63) is 26.1 Å². The third-order valence-corrected chi connectivity index (χ3v) is 4.24. The van der Waals surface area contributed by atoms with Crippen molar-refractivity contribution in [2.45, 2.75) is 27.7 Å². The van der Waals surface area contributed by atoms with Crippen molar-refractivity contribution in [3.8, 4) is 0 Å². The molecule has 2 aromatic rings. The fourth-order valence-corrected chi connectivity index (χ4v) is 3.05. The first kappa shape index (κ1) is 12.2. The van der Waals surface area contributed by atoms with Crippen LogP contribution in [0.1, 0.15) is 30.9 Å². The van der Waals surface area contributed by atoms with Crippen molar-refractivity contribution in [1.29, 1.82) is 0 Å². The lowest BCUT2D eigenvalue weighted by Crippen LogP contribution is -2.13.